The van der Waals surface area contributed by atoms with Gasteiger partial charge in [0.25, 0.3) is 5.91 Å². The molecule has 0 spiro atoms. The normalized spacial score (nSPS) is 11.5. The van der Waals surface area contributed by atoms with E-state index in [-0.39, 0.29) is 11.3 Å². The van der Waals surface area contributed by atoms with Crippen molar-refractivity contribution >= 4 is 28.2 Å². The molecular formula is C32H32N4O2. The molecule has 5 aromatic rings. The van der Waals surface area contributed by atoms with Gasteiger partial charge in [0.1, 0.15) is 5.76 Å². The minimum atomic E-state index is -0.186. The van der Waals surface area contributed by atoms with Crippen LogP contribution in [-0.2, 0) is 12.0 Å². The maximum atomic E-state index is 13.5. The number of anilines is 2. The van der Waals surface area contributed by atoms with Gasteiger partial charge in [-0.3, -0.25) is 9.78 Å². The fourth-order valence-electron chi connectivity index (χ4n) is 4.81. The summed E-state index contributed by atoms with van der Waals surface area (Å²) in [5.41, 5.74) is 7.82. The van der Waals surface area contributed by atoms with Crippen LogP contribution in [0.15, 0.2) is 83.5 Å². The minimum Gasteiger partial charge on any atom is -0.361 e. The molecular weight excluding hydrogens is 472 g/mol. The summed E-state index contributed by atoms with van der Waals surface area (Å²) in [5.74, 6) is 0.574. The van der Waals surface area contributed by atoms with E-state index < -0.39 is 0 Å². The number of benzene rings is 3. The predicted octanol–water partition coefficient (Wildman–Crippen LogP) is 7.48. The van der Waals surface area contributed by atoms with Gasteiger partial charge in [-0.25, -0.2) is 0 Å². The number of hydrogen-bond donors (Lipinski definition) is 2. The highest BCUT2D eigenvalue weighted by Crippen LogP contribution is 2.37. The zero-order valence-electron chi connectivity index (χ0n) is 22.4. The van der Waals surface area contributed by atoms with Gasteiger partial charge in [-0.1, -0.05) is 86.6 Å². The lowest BCUT2D eigenvalue weighted by Crippen LogP contribution is -2.24. The van der Waals surface area contributed by atoms with E-state index in [1.54, 1.807) is 6.20 Å². The average molecular weight is 505 g/mol. The number of pyridine rings is 1. The number of rotatable bonds is 6. The van der Waals surface area contributed by atoms with Crippen molar-refractivity contribution in [2.45, 2.75) is 46.6 Å². The first-order valence-electron chi connectivity index (χ1n) is 12.8. The third-order valence-corrected chi connectivity index (χ3v) is 6.73. The molecule has 2 aromatic heterocycles. The third-order valence-electron chi connectivity index (χ3n) is 6.73. The molecule has 0 bridgehead atoms. The van der Waals surface area contributed by atoms with Crippen LogP contribution < -0.4 is 10.6 Å². The summed E-state index contributed by atoms with van der Waals surface area (Å²) in [6.45, 7) is 10.8. The Hall–Kier alpha value is -4.45. The number of fused-ring (bicyclic) bond motifs is 1. The van der Waals surface area contributed by atoms with Gasteiger partial charge in [0.05, 0.1) is 22.5 Å². The molecule has 6 heteroatoms. The summed E-state index contributed by atoms with van der Waals surface area (Å²) < 4.78 is 5.39. The molecule has 2 heterocycles. The lowest BCUT2D eigenvalue weighted by molar-refractivity contribution is 0.0951. The van der Waals surface area contributed by atoms with Crippen LogP contribution in [-0.4, -0.2) is 16.0 Å². The zero-order chi connectivity index (χ0) is 26.9. The molecule has 0 aliphatic heterocycles. The molecule has 2 N–H and O–H groups in total. The van der Waals surface area contributed by atoms with Crippen LogP contribution in [0, 0.1) is 13.8 Å². The van der Waals surface area contributed by atoms with E-state index in [2.05, 4.69) is 48.7 Å². The monoisotopic (exact) mass is 504 g/mol. The first kappa shape index (κ1) is 25.2. The summed E-state index contributed by atoms with van der Waals surface area (Å²) in [6.07, 6.45) is 1.65. The second-order valence-electron chi connectivity index (χ2n) is 10.6. The van der Waals surface area contributed by atoms with Crippen molar-refractivity contribution in [3.05, 3.63) is 107 Å². The topological polar surface area (TPSA) is 80.0 Å². The highest BCUT2D eigenvalue weighted by atomic mass is 16.5. The van der Waals surface area contributed by atoms with Crippen LogP contribution in [0.25, 0.3) is 22.0 Å². The molecule has 3 aromatic carbocycles. The van der Waals surface area contributed by atoms with E-state index in [4.69, 9.17) is 9.51 Å². The van der Waals surface area contributed by atoms with Gasteiger partial charge in [0, 0.05) is 29.4 Å². The first-order chi connectivity index (χ1) is 18.2. The lowest BCUT2D eigenvalue weighted by atomic mass is 9.85. The molecule has 1 amide bonds. The molecule has 0 fully saturated rings. The van der Waals surface area contributed by atoms with Crippen LogP contribution in [0.4, 0.5) is 11.4 Å². The average Bonchev–Trinajstić information content (AvgIpc) is 3.25. The van der Waals surface area contributed by atoms with Crippen molar-refractivity contribution in [2.24, 2.45) is 0 Å². The number of nitrogens with one attached hydrogen (secondary N) is 2. The number of hydrogen-bond acceptors (Lipinski definition) is 5. The standard InChI is InChI=1S/C32H32N4O2/c1-20-29(21(2)38-36-20)23-15-16-24-28(17-23)33-19-25(31(37)34-18-22-11-7-6-8-12-22)30(24)35-27-14-10-9-13-26(27)32(3,4)5/h6-17,19H,18H2,1-5H3,(H,33,35)(H,34,37). The van der Waals surface area contributed by atoms with E-state index in [1.807, 2.05) is 74.5 Å². The maximum Gasteiger partial charge on any atom is 0.255 e. The van der Waals surface area contributed by atoms with E-state index in [9.17, 15) is 4.79 Å². The van der Waals surface area contributed by atoms with Crippen LogP contribution in [0.5, 0.6) is 0 Å². The molecule has 0 radical (unpaired) electrons. The van der Waals surface area contributed by atoms with Gasteiger partial charge in [0.2, 0.25) is 0 Å². The Morgan fingerprint density at radius 3 is 2.39 bits per heavy atom. The number of aromatic nitrogens is 2. The van der Waals surface area contributed by atoms with Crippen LogP contribution in [0.2, 0.25) is 0 Å². The SMILES string of the molecule is Cc1noc(C)c1-c1ccc2c(Nc3ccccc3C(C)(C)C)c(C(=O)NCc3ccccc3)cnc2c1. The zero-order valence-corrected chi connectivity index (χ0v) is 22.4. The Labute approximate surface area is 223 Å². The van der Waals surface area contributed by atoms with E-state index in [1.165, 1.54) is 0 Å². The van der Waals surface area contributed by atoms with E-state index in [0.29, 0.717) is 12.1 Å². The highest BCUT2D eigenvalue weighted by molar-refractivity contribution is 6.08. The van der Waals surface area contributed by atoms with Crippen molar-refractivity contribution < 1.29 is 9.32 Å². The molecule has 0 atom stereocenters. The Morgan fingerprint density at radius 1 is 0.947 bits per heavy atom. The number of carbonyl (C=O) groups is 1. The number of nitrogens with zero attached hydrogens (tertiary/aromatic N) is 2. The highest BCUT2D eigenvalue weighted by Gasteiger charge is 2.22. The Morgan fingerprint density at radius 2 is 1.68 bits per heavy atom. The van der Waals surface area contributed by atoms with Crippen LogP contribution in [0.3, 0.4) is 0 Å². The minimum absolute atomic E-state index is 0.0847. The fourth-order valence-corrected chi connectivity index (χ4v) is 4.81. The number of carbonyl (C=O) groups excluding carboxylic acids is 1. The fraction of sp³-hybridized carbons (Fsp3) is 0.219. The van der Waals surface area contributed by atoms with Crippen molar-refractivity contribution in [1.82, 2.24) is 15.5 Å². The molecule has 192 valence electrons. The summed E-state index contributed by atoms with van der Waals surface area (Å²) in [5, 5.41) is 11.6. The smallest absolute Gasteiger partial charge is 0.255 e. The van der Waals surface area contributed by atoms with Gasteiger partial charge in [-0.2, -0.15) is 0 Å². The largest absolute Gasteiger partial charge is 0.361 e. The third kappa shape index (κ3) is 5.02. The summed E-state index contributed by atoms with van der Waals surface area (Å²) in [4.78, 5) is 18.2. The lowest BCUT2D eigenvalue weighted by Gasteiger charge is -2.24. The predicted molar refractivity (Wildman–Crippen MR) is 153 cm³/mol. The summed E-state index contributed by atoms with van der Waals surface area (Å²) in [6, 6.07) is 24.2. The molecule has 0 unspecified atom stereocenters. The molecule has 38 heavy (non-hydrogen) atoms. The summed E-state index contributed by atoms with van der Waals surface area (Å²) >= 11 is 0. The van der Waals surface area contributed by atoms with Gasteiger partial charge in [0.15, 0.2) is 0 Å². The Kier molecular flexibility index (Phi) is 6.72. The van der Waals surface area contributed by atoms with Gasteiger partial charge >= 0.3 is 0 Å². The van der Waals surface area contributed by atoms with Crippen molar-refractivity contribution in [1.29, 1.82) is 0 Å². The Bertz CT molecular complexity index is 1590. The first-order valence-corrected chi connectivity index (χ1v) is 12.8. The Balaban J connectivity index is 1.61. The van der Waals surface area contributed by atoms with Gasteiger partial charge < -0.3 is 15.2 Å². The van der Waals surface area contributed by atoms with E-state index in [0.717, 1.165) is 56.0 Å². The summed E-state index contributed by atoms with van der Waals surface area (Å²) in [7, 11) is 0. The molecule has 0 saturated carbocycles. The van der Waals surface area contributed by atoms with Gasteiger partial charge in [-0.05, 0) is 48.1 Å². The molecule has 0 aliphatic carbocycles. The molecule has 0 aliphatic rings. The van der Waals surface area contributed by atoms with Crippen molar-refractivity contribution in [3.63, 3.8) is 0 Å². The van der Waals surface area contributed by atoms with Crippen molar-refractivity contribution in [3.8, 4) is 11.1 Å². The quantitative estimate of drug-likeness (QED) is 0.251. The molecule has 5 rings (SSSR count). The second-order valence-corrected chi connectivity index (χ2v) is 10.6. The molecule has 6 nitrogen and oxygen atoms in total. The van der Waals surface area contributed by atoms with Crippen LogP contribution in [0.1, 0.15) is 53.7 Å². The van der Waals surface area contributed by atoms with Crippen LogP contribution >= 0.6 is 0 Å². The molecule has 0 saturated heterocycles. The second kappa shape index (κ2) is 10.1. The van der Waals surface area contributed by atoms with E-state index >= 15 is 0 Å². The number of para-hydroxylation sites is 1. The van der Waals surface area contributed by atoms with Gasteiger partial charge in [-0.15, -0.1) is 0 Å². The van der Waals surface area contributed by atoms with Crippen molar-refractivity contribution in [2.75, 3.05) is 5.32 Å². The maximum absolute atomic E-state index is 13.5. The number of aryl methyl sites for hydroxylation is 2. The number of amides is 1.